The molecule has 0 heterocycles. The van der Waals surface area contributed by atoms with Crippen LogP contribution >= 0.6 is 0 Å². The van der Waals surface area contributed by atoms with Gasteiger partial charge in [-0.1, -0.05) is 60.2 Å². The maximum absolute atomic E-state index is 12.8. The number of benzene rings is 2. The molecule has 0 spiro atoms. The van der Waals surface area contributed by atoms with Crippen molar-refractivity contribution in [3.05, 3.63) is 71.3 Å². The van der Waals surface area contributed by atoms with E-state index in [0.717, 1.165) is 11.1 Å². The minimum atomic E-state index is -0.439. The third-order valence-corrected chi connectivity index (χ3v) is 3.40. The highest BCUT2D eigenvalue weighted by Gasteiger charge is 2.31. The van der Waals surface area contributed by atoms with Crippen molar-refractivity contribution in [1.29, 1.82) is 0 Å². The van der Waals surface area contributed by atoms with Crippen molar-refractivity contribution < 1.29 is 5.21 Å². The lowest BCUT2D eigenvalue weighted by molar-refractivity contribution is -0.233. The van der Waals surface area contributed by atoms with Gasteiger partial charge < -0.3 is 0 Å². The monoisotopic (exact) mass is 268 g/mol. The Bertz CT molecular complexity index is 540. The number of hydrogen-bond donors (Lipinski definition) is 0. The van der Waals surface area contributed by atoms with Gasteiger partial charge in [-0.25, -0.2) is 0 Å². The molecule has 2 nitrogen and oxygen atoms in total. The molecule has 0 unspecified atom stereocenters. The minimum Gasteiger partial charge on any atom is -0.138 e. The van der Waals surface area contributed by atoms with Crippen LogP contribution in [0.4, 0.5) is 0 Å². The lowest BCUT2D eigenvalue weighted by atomic mass is 9.94. The van der Waals surface area contributed by atoms with E-state index < -0.39 is 5.54 Å². The Balaban J connectivity index is 2.47. The van der Waals surface area contributed by atoms with Crippen LogP contribution < -0.4 is 0 Å². The SMILES string of the molecule is Cc1ccc([C@@H](c2ccccc2)N([O])C(C)(C)C)cc1. The average Bonchev–Trinajstić information content (AvgIpc) is 2.41. The lowest BCUT2D eigenvalue weighted by Crippen LogP contribution is -2.40. The van der Waals surface area contributed by atoms with Gasteiger partial charge in [-0.05, 0) is 38.8 Å². The zero-order valence-corrected chi connectivity index (χ0v) is 12.6. The van der Waals surface area contributed by atoms with Crippen molar-refractivity contribution in [3.63, 3.8) is 0 Å². The first-order valence-electron chi connectivity index (χ1n) is 6.97. The van der Waals surface area contributed by atoms with E-state index in [-0.39, 0.29) is 6.04 Å². The number of hydroxylamine groups is 2. The smallest absolute Gasteiger partial charge is 0.0889 e. The van der Waals surface area contributed by atoms with E-state index in [4.69, 9.17) is 0 Å². The highest BCUT2D eigenvalue weighted by atomic mass is 16.5. The van der Waals surface area contributed by atoms with E-state index in [2.05, 4.69) is 19.1 Å². The molecule has 20 heavy (non-hydrogen) atoms. The van der Waals surface area contributed by atoms with Crippen LogP contribution in [0.2, 0.25) is 0 Å². The zero-order chi connectivity index (χ0) is 14.8. The van der Waals surface area contributed by atoms with Crippen molar-refractivity contribution in [3.8, 4) is 0 Å². The molecule has 2 aromatic rings. The van der Waals surface area contributed by atoms with E-state index in [1.165, 1.54) is 10.6 Å². The van der Waals surface area contributed by atoms with Gasteiger partial charge in [-0.15, -0.1) is 10.3 Å². The highest BCUT2D eigenvalue weighted by molar-refractivity contribution is 5.33. The van der Waals surface area contributed by atoms with Crippen molar-refractivity contribution in [1.82, 2.24) is 5.06 Å². The van der Waals surface area contributed by atoms with Crippen LogP contribution in [-0.4, -0.2) is 10.6 Å². The maximum Gasteiger partial charge on any atom is 0.0889 e. The molecular formula is C18H22NO. The molecule has 0 fully saturated rings. The molecule has 1 radical (unpaired) electrons. The zero-order valence-electron chi connectivity index (χ0n) is 12.6. The summed E-state index contributed by atoms with van der Waals surface area (Å²) in [5.41, 5.74) is 2.83. The molecule has 1 atom stereocenters. The number of hydrogen-bond acceptors (Lipinski definition) is 1. The number of rotatable bonds is 3. The molecular weight excluding hydrogens is 246 g/mol. The first-order valence-corrected chi connectivity index (χ1v) is 6.97. The normalized spacial score (nSPS) is 13.5. The molecule has 2 aromatic carbocycles. The molecule has 0 saturated carbocycles. The topological polar surface area (TPSA) is 23.1 Å². The Morgan fingerprint density at radius 1 is 0.850 bits per heavy atom. The minimum absolute atomic E-state index is 0.267. The first-order chi connectivity index (χ1) is 9.39. The number of nitrogens with zero attached hydrogens (tertiary/aromatic N) is 1. The Hall–Kier alpha value is -1.64. The quantitative estimate of drug-likeness (QED) is 0.750. The Kier molecular flexibility index (Phi) is 4.26. The maximum atomic E-state index is 12.8. The van der Waals surface area contributed by atoms with Gasteiger partial charge in [0.2, 0.25) is 0 Å². The molecule has 0 saturated heterocycles. The van der Waals surface area contributed by atoms with Crippen molar-refractivity contribution in [2.45, 2.75) is 39.3 Å². The fraction of sp³-hybridized carbons (Fsp3) is 0.333. The van der Waals surface area contributed by atoms with Gasteiger partial charge in [-0.3, -0.25) is 0 Å². The Morgan fingerprint density at radius 3 is 1.85 bits per heavy atom. The summed E-state index contributed by atoms with van der Waals surface area (Å²) in [6, 6.07) is 17.9. The van der Waals surface area contributed by atoms with Crippen molar-refractivity contribution in [2.75, 3.05) is 0 Å². The predicted molar refractivity (Wildman–Crippen MR) is 81.7 cm³/mol. The van der Waals surface area contributed by atoms with Crippen LogP contribution in [0.5, 0.6) is 0 Å². The molecule has 0 N–H and O–H groups in total. The molecule has 0 aliphatic heterocycles. The van der Waals surface area contributed by atoms with Gasteiger partial charge in [0.1, 0.15) is 0 Å². The Morgan fingerprint density at radius 2 is 1.35 bits per heavy atom. The van der Waals surface area contributed by atoms with E-state index in [1.807, 2.05) is 63.2 Å². The van der Waals surface area contributed by atoms with Gasteiger partial charge in [-0.2, -0.15) is 0 Å². The summed E-state index contributed by atoms with van der Waals surface area (Å²) >= 11 is 0. The lowest BCUT2D eigenvalue weighted by Gasteiger charge is -2.34. The van der Waals surface area contributed by atoms with E-state index in [9.17, 15) is 5.21 Å². The summed E-state index contributed by atoms with van der Waals surface area (Å²) in [6.45, 7) is 7.90. The fourth-order valence-corrected chi connectivity index (χ4v) is 2.23. The van der Waals surface area contributed by atoms with E-state index in [0.29, 0.717) is 0 Å². The molecule has 0 aliphatic carbocycles. The van der Waals surface area contributed by atoms with Gasteiger partial charge in [0, 0.05) is 5.54 Å². The molecule has 105 valence electrons. The predicted octanol–water partition coefficient (Wildman–Crippen LogP) is 4.53. The summed E-state index contributed by atoms with van der Waals surface area (Å²) in [7, 11) is 0. The van der Waals surface area contributed by atoms with Gasteiger partial charge in [0.15, 0.2) is 0 Å². The summed E-state index contributed by atoms with van der Waals surface area (Å²) < 4.78 is 0. The van der Waals surface area contributed by atoms with Gasteiger partial charge in [0.25, 0.3) is 0 Å². The third-order valence-electron chi connectivity index (χ3n) is 3.40. The molecule has 2 rings (SSSR count). The number of aryl methyl sites for hydroxylation is 1. The third kappa shape index (κ3) is 3.27. The second-order valence-corrected chi connectivity index (χ2v) is 6.22. The van der Waals surface area contributed by atoms with Crippen LogP contribution in [0.15, 0.2) is 54.6 Å². The van der Waals surface area contributed by atoms with Crippen LogP contribution in [0.1, 0.15) is 43.5 Å². The van der Waals surface area contributed by atoms with Gasteiger partial charge in [0.05, 0.1) is 6.04 Å². The second-order valence-electron chi connectivity index (χ2n) is 6.22. The van der Waals surface area contributed by atoms with E-state index >= 15 is 0 Å². The molecule has 0 amide bonds. The summed E-state index contributed by atoms with van der Waals surface area (Å²) in [4.78, 5) is 0. The Labute approximate surface area is 121 Å². The molecule has 0 aliphatic rings. The molecule has 0 aromatic heterocycles. The van der Waals surface area contributed by atoms with Crippen molar-refractivity contribution >= 4 is 0 Å². The van der Waals surface area contributed by atoms with Gasteiger partial charge >= 0.3 is 0 Å². The van der Waals surface area contributed by atoms with Crippen LogP contribution in [-0.2, 0) is 5.21 Å². The first kappa shape index (κ1) is 14.8. The molecule has 2 heteroatoms. The summed E-state index contributed by atoms with van der Waals surface area (Å²) in [5, 5.41) is 14.0. The summed E-state index contributed by atoms with van der Waals surface area (Å²) in [6.07, 6.45) is 0. The average molecular weight is 268 g/mol. The van der Waals surface area contributed by atoms with Crippen LogP contribution in [0.25, 0.3) is 0 Å². The van der Waals surface area contributed by atoms with Crippen LogP contribution in [0, 0.1) is 6.92 Å². The standard InChI is InChI=1S/C18H22NO/c1-14-10-12-16(13-11-14)17(19(20)18(2,3)4)15-8-6-5-7-9-15/h5-13,17H,1-4H3/t17-/m1/s1. The molecule has 0 bridgehead atoms. The summed E-state index contributed by atoms with van der Waals surface area (Å²) in [5.74, 6) is 0. The highest BCUT2D eigenvalue weighted by Crippen LogP contribution is 2.32. The second kappa shape index (κ2) is 5.78. The van der Waals surface area contributed by atoms with Crippen molar-refractivity contribution in [2.24, 2.45) is 0 Å². The largest absolute Gasteiger partial charge is 0.138 e. The fourth-order valence-electron chi connectivity index (χ4n) is 2.23. The van der Waals surface area contributed by atoms with E-state index in [1.54, 1.807) is 0 Å². The van der Waals surface area contributed by atoms with Crippen LogP contribution in [0.3, 0.4) is 0 Å².